The molecule has 2 aromatic rings. The van der Waals surface area contributed by atoms with E-state index in [9.17, 15) is 4.79 Å². The Kier molecular flexibility index (Phi) is 5.62. The van der Waals surface area contributed by atoms with Gasteiger partial charge in [-0.05, 0) is 17.7 Å². The summed E-state index contributed by atoms with van der Waals surface area (Å²) in [6.07, 6.45) is 0.696. The van der Waals surface area contributed by atoms with E-state index >= 15 is 0 Å². The molecule has 3 N–H and O–H groups in total. The van der Waals surface area contributed by atoms with Crippen LogP contribution in [0.2, 0.25) is 0 Å². The molecule has 25 heavy (non-hydrogen) atoms. The van der Waals surface area contributed by atoms with Crippen molar-refractivity contribution in [3.8, 4) is 5.75 Å². The summed E-state index contributed by atoms with van der Waals surface area (Å²) >= 11 is 0. The summed E-state index contributed by atoms with van der Waals surface area (Å²) in [5.74, 6) is 1.73. The van der Waals surface area contributed by atoms with E-state index in [1.807, 2.05) is 31.2 Å². The van der Waals surface area contributed by atoms with Crippen LogP contribution in [-0.2, 0) is 22.5 Å². The molecule has 0 radical (unpaired) electrons. The van der Waals surface area contributed by atoms with Gasteiger partial charge in [-0.3, -0.25) is 14.8 Å². The second-order valence-electron chi connectivity index (χ2n) is 5.99. The Balaban J connectivity index is 1.60. The molecule has 1 unspecified atom stereocenters. The van der Waals surface area contributed by atoms with E-state index in [0.717, 1.165) is 37.4 Å². The fourth-order valence-corrected chi connectivity index (χ4v) is 2.76. The van der Waals surface area contributed by atoms with Gasteiger partial charge in [-0.1, -0.05) is 19.1 Å². The Morgan fingerprint density at radius 2 is 2.40 bits per heavy atom. The van der Waals surface area contributed by atoms with Crippen molar-refractivity contribution in [3.63, 3.8) is 0 Å². The number of aryl methyl sites for hydroxylation is 1. The Morgan fingerprint density at radius 1 is 1.52 bits per heavy atom. The summed E-state index contributed by atoms with van der Waals surface area (Å²) in [6.45, 7) is 4.89. The lowest BCUT2D eigenvalue weighted by Crippen LogP contribution is -2.38. The molecule has 0 spiro atoms. The monoisotopic (exact) mass is 345 g/mol. The highest BCUT2D eigenvalue weighted by Gasteiger charge is 2.25. The first-order valence-electron chi connectivity index (χ1n) is 8.39. The predicted octanol–water partition coefficient (Wildman–Crippen LogP) is 0.805. The minimum Gasteiger partial charge on any atom is -0.484 e. The predicted molar refractivity (Wildman–Crippen MR) is 90.9 cm³/mol. The lowest BCUT2D eigenvalue weighted by Gasteiger charge is -2.31. The van der Waals surface area contributed by atoms with Gasteiger partial charge in [-0.25, -0.2) is 4.98 Å². The molecule has 1 aliphatic rings. The topological polar surface area (TPSA) is 106 Å². The molecule has 2 heterocycles. The molecule has 134 valence electrons. The number of nitrogens with one attached hydrogen (secondary N) is 1. The van der Waals surface area contributed by atoms with E-state index in [2.05, 4.69) is 20.1 Å². The summed E-state index contributed by atoms with van der Waals surface area (Å²) in [4.78, 5) is 17.6. The zero-order valence-corrected chi connectivity index (χ0v) is 14.3. The number of benzene rings is 1. The Hall–Kier alpha value is -2.45. The van der Waals surface area contributed by atoms with Gasteiger partial charge in [0.1, 0.15) is 17.7 Å². The molecule has 1 aliphatic heterocycles. The van der Waals surface area contributed by atoms with Crippen molar-refractivity contribution in [1.29, 1.82) is 0 Å². The lowest BCUT2D eigenvalue weighted by atomic mass is 10.1. The van der Waals surface area contributed by atoms with Crippen molar-refractivity contribution >= 4 is 5.91 Å². The number of morpholine rings is 1. The summed E-state index contributed by atoms with van der Waals surface area (Å²) in [5, 5.41) is 7.19. The molecule has 1 amide bonds. The SMILES string of the molecule is CCc1nc(C2CN(Cc3cccc(OCC(N)=O)c3)CCO2)n[nH]1. The number of rotatable bonds is 7. The highest BCUT2D eigenvalue weighted by molar-refractivity contribution is 5.75. The first kappa shape index (κ1) is 17.4. The van der Waals surface area contributed by atoms with Crippen LogP contribution in [0.4, 0.5) is 0 Å². The van der Waals surface area contributed by atoms with Crippen molar-refractivity contribution in [1.82, 2.24) is 20.1 Å². The minimum atomic E-state index is -0.487. The first-order valence-corrected chi connectivity index (χ1v) is 8.39. The fourth-order valence-electron chi connectivity index (χ4n) is 2.76. The quantitative estimate of drug-likeness (QED) is 0.769. The highest BCUT2D eigenvalue weighted by atomic mass is 16.5. The Bertz CT molecular complexity index is 718. The van der Waals surface area contributed by atoms with E-state index in [-0.39, 0.29) is 12.7 Å². The van der Waals surface area contributed by atoms with Gasteiger partial charge in [0.25, 0.3) is 5.91 Å². The molecule has 8 heteroatoms. The number of H-pyrrole nitrogens is 1. The first-order chi connectivity index (χ1) is 12.1. The number of nitrogens with zero attached hydrogens (tertiary/aromatic N) is 3. The third kappa shape index (κ3) is 4.77. The van der Waals surface area contributed by atoms with Crippen LogP contribution >= 0.6 is 0 Å². The normalized spacial score (nSPS) is 18.2. The molecule has 0 aliphatic carbocycles. The van der Waals surface area contributed by atoms with Crippen LogP contribution in [0.1, 0.15) is 30.2 Å². The van der Waals surface area contributed by atoms with Crippen LogP contribution < -0.4 is 10.5 Å². The zero-order valence-electron chi connectivity index (χ0n) is 14.3. The summed E-state index contributed by atoms with van der Waals surface area (Å²) in [7, 11) is 0. The number of primary amides is 1. The van der Waals surface area contributed by atoms with Crippen molar-refractivity contribution < 1.29 is 14.3 Å². The maximum Gasteiger partial charge on any atom is 0.255 e. The second kappa shape index (κ2) is 8.09. The highest BCUT2D eigenvalue weighted by Crippen LogP contribution is 2.22. The lowest BCUT2D eigenvalue weighted by molar-refractivity contribution is -0.119. The summed E-state index contributed by atoms with van der Waals surface area (Å²) in [5.41, 5.74) is 6.21. The van der Waals surface area contributed by atoms with Gasteiger partial charge in [0.15, 0.2) is 12.4 Å². The largest absolute Gasteiger partial charge is 0.484 e. The van der Waals surface area contributed by atoms with Crippen LogP contribution in [0.3, 0.4) is 0 Å². The molecule has 0 saturated carbocycles. The molecule has 1 aromatic heterocycles. The third-order valence-corrected chi connectivity index (χ3v) is 4.01. The average molecular weight is 345 g/mol. The van der Waals surface area contributed by atoms with Crippen LogP contribution in [-0.4, -0.2) is 52.3 Å². The molecule has 8 nitrogen and oxygen atoms in total. The molecular weight excluding hydrogens is 322 g/mol. The molecular formula is C17H23N5O3. The summed E-state index contributed by atoms with van der Waals surface area (Å²) in [6, 6.07) is 7.68. The van der Waals surface area contributed by atoms with E-state index in [1.165, 1.54) is 0 Å². The van der Waals surface area contributed by atoms with Gasteiger partial charge in [0, 0.05) is 26.1 Å². The third-order valence-electron chi connectivity index (χ3n) is 4.01. The zero-order chi connectivity index (χ0) is 17.6. The Morgan fingerprint density at radius 3 is 3.16 bits per heavy atom. The van der Waals surface area contributed by atoms with E-state index in [1.54, 1.807) is 0 Å². The number of aromatic nitrogens is 3. The van der Waals surface area contributed by atoms with E-state index in [4.69, 9.17) is 15.2 Å². The number of ether oxygens (including phenoxy) is 2. The standard InChI is InChI=1S/C17H23N5O3/c1-2-16-19-17(21-20-16)14-10-22(6-7-24-14)9-12-4-3-5-13(8-12)25-11-15(18)23/h3-5,8,14H,2,6-7,9-11H2,1H3,(H2,18,23)(H,19,20,21). The number of hydrogen-bond acceptors (Lipinski definition) is 6. The molecule has 1 atom stereocenters. The smallest absolute Gasteiger partial charge is 0.255 e. The average Bonchev–Trinajstić information content (AvgIpc) is 3.10. The van der Waals surface area contributed by atoms with Crippen LogP contribution in [0.25, 0.3) is 0 Å². The van der Waals surface area contributed by atoms with E-state index in [0.29, 0.717) is 18.2 Å². The van der Waals surface area contributed by atoms with Crippen LogP contribution in [0, 0.1) is 0 Å². The van der Waals surface area contributed by atoms with Gasteiger partial charge in [-0.2, -0.15) is 5.10 Å². The van der Waals surface area contributed by atoms with Crippen molar-refractivity contribution in [2.75, 3.05) is 26.3 Å². The molecule has 0 bridgehead atoms. The van der Waals surface area contributed by atoms with Crippen molar-refractivity contribution in [3.05, 3.63) is 41.5 Å². The molecule has 1 saturated heterocycles. The molecule has 1 aromatic carbocycles. The second-order valence-corrected chi connectivity index (χ2v) is 5.99. The number of aromatic amines is 1. The number of nitrogens with two attached hydrogens (primary N) is 1. The summed E-state index contributed by atoms with van der Waals surface area (Å²) < 4.78 is 11.2. The van der Waals surface area contributed by atoms with Crippen LogP contribution in [0.5, 0.6) is 5.75 Å². The van der Waals surface area contributed by atoms with Gasteiger partial charge in [0.2, 0.25) is 0 Å². The maximum absolute atomic E-state index is 10.8. The van der Waals surface area contributed by atoms with E-state index < -0.39 is 5.91 Å². The van der Waals surface area contributed by atoms with Gasteiger partial charge in [-0.15, -0.1) is 0 Å². The van der Waals surface area contributed by atoms with Crippen molar-refractivity contribution in [2.24, 2.45) is 5.73 Å². The van der Waals surface area contributed by atoms with Crippen molar-refractivity contribution in [2.45, 2.75) is 26.0 Å². The Labute approximate surface area is 146 Å². The van der Waals surface area contributed by atoms with Gasteiger partial charge in [0.05, 0.1) is 6.61 Å². The minimum absolute atomic E-state index is 0.117. The van der Waals surface area contributed by atoms with Gasteiger partial charge < -0.3 is 15.2 Å². The molecule has 3 rings (SSSR count). The number of hydrogen-bond donors (Lipinski definition) is 2. The number of amides is 1. The maximum atomic E-state index is 10.8. The van der Waals surface area contributed by atoms with Crippen LogP contribution in [0.15, 0.2) is 24.3 Å². The fraction of sp³-hybridized carbons (Fsp3) is 0.471. The number of carbonyl (C=O) groups is 1. The molecule has 1 fully saturated rings. The number of carbonyl (C=O) groups excluding carboxylic acids is 1. The van der Waals surface area contributed by atoms with Gasteiger partial charge >= 0.3 is 0 Å².